The molecule has 1 saturated heterocycles. The Morgan fingerprint density at radius 1 is 1.00 bits per heavy atom. The van der Waals surface area contributed by atoms with E-state index in [1.54, 1.807) is 30.3 Å². The van der Waals surface area contributed by atoms with Gasteiger partial charge in [0.1, 0.15) is 18.9 Å². The van der Waals surface area contributed by atoms with E-state index in [1.807, 2.05) is 30.3 Å². The molecule has 2 heterocycles. The summed E-state index contributed by atoms with van der Waals surface area (Å²) in [7, 11) is 1.38. The van der Waals surface area contributed by atoms with Crippen molar-refractivity contribution in [2.24, 2.45) is 0 Å². The fourth-order valence-electron chi connectivity index (χ4n) is 3.91. The normalized spacial score (nSPS) is 21.7. The molecule has 1 aromatic heterocycles. The molecule has 0 bridgehead atoms. The molecular weight excluding hydrogens is 456 g/mol. The van der Waals surface area contributed by atoms with E-state index in [1.165, 1.54) is 23.9 Å². The molecule has 2 aromatic carbocycles. The second kappa shape index (κ2) is 11.2. The number of nitrogens with zero attached hydrogens (tertiary/aromatic N) is 2. The van der Waals surface area contributed by atoms with Crippen LogP contribution in [0.3, 0.4) is 0 Å². The third kappa shape index (κ3) is 5.41. The van der Waals surface area contributed by atoms with Gasteiger partial charge in [-0.2, -0.15) is 0 Å². The molecule has 35 heavy (non-hydrogen) atoms. The van der Waals surface area contributed by atoms with Gasteiger partial charge in [0, 0.05) is 19.4 Å². The summed E-state index contributed by atoms with van der Waals surface area (Å²) in [5.74, 6) is -0.619. The van der Waals surface area contributed by atoms with Crippen LogP contribution in [0.1, 0.15) is 22.1 Å². The average Bonchev–Trinajstić information content (AvgIpc) is 3.24. The van der Waals surface area contributed by atoms with Crippen LogP contribution in [0.15, 0.2) is 82.5 Å². The van der Waals surface area contributed by atoms with E-state index in [0.717, 1.165) is 10.1 Å². The van der Waals surface area contributed by atoms with E-state index < -0.39 is 48.4 Å². The number of aromatic nitrogens is 2. The Bertz CT molecular complexity index is 1240. The number of carbonyl (C=O) groups excluding carboxylic acids is 1. The second-order valence-electron chi connectivity index (χ2n) is 7.92. The zero-order chi connectivity index (χ0) is 24.8. The fourth-order valence-corrected chi connectivity index (χ4v) is 3.91. The van der Waals surface area contributed by atoms with Crippen molar-refractivity contribution in [1.29, 1.82) is 0 Å². The molecule has 0 aliphatic carbocycles. The monoisotopic (exact) mass is 482 g/mol. The molecule has 0 spiro atoms. The van der Waals surface area contributed by atoms with Gasteiger partial charge in [-0.25, -0.2) is 14.2 Å². The summed E-state index contributed by atoms with van der Waals surface area (Å²) in [6, 6.07) is 18.9. The Morgan fingerprint density at radius 3 is 2.34 bits per heavy atom. The maximum Gasteiger partial charge on any atom is 0.338 e. The van der Waals surface area contributed by atoms with Crippen molar-refractivity contribution in [3.05, 3.63) is 105 Å². The van der Waals surface area contributed by atoms with Crippen molar-refractivity contribution >= 4 is 5.97 Å². The van der Waals surface area contributed by atoms with E-state index in [9.17, 15) is 19.5 Å². The SMILES string of the molecule is COC1[C@@H](OC(=O)c2ccccc2)[C@@H](CO)O[C@H]1n1ccc(=O)n(COCc2ccccc2)c1=O. The van der Waals surface area contributed by atoms with Gasteiger partial charge in [-0.05, 0) is 17.7 Å². The maximum absolute atomic E-state index is 13.2. The van der Waals surface area contributed by atoms with Crippen molar-refractivity contribution in [1.82, 2.24) is 9.13 Å². The lowest BCUT2D eigenvalue weighted by molar-refractivity contribution is -0.0641. The number of aliphatic hydroxyl groups excluding tert-OH is 1. The molecule has 1 N–H and O–H groups in total. The highest BCUT2D eigenvalue weighted by atomic mass is 16.6. The average molecular weight is 482 g/mol. The van der Waals surface area contributed by atoms with Crippen molar-refractivity contribution in [2.75, 3.05) is 13.7 Å². The minimum absolute atomic E-state index is 0.215. The molecule has 4 atom stereocenters. The number of carbonyl (C=O) groups is 1. The Morgan fingerprint density at radius 2 is 1.69 bits per heavy atom. The number of rotatable bonds is 9. The standard InChI is InChI=1S/C25H26N2O8/c1-32-22-21(35-24(30)18-10-6-3-7-11-18)19(14-28)34-23(22)26-13-12-20(29)27(25(26)31)16-33-15-17-8-4-2-5-9-17/h2-13,19,21-23,28H,14-16H2,1H3/t19-,21+,22?,23-/m1/s1. The molecule has 0 radical (unpaired) electrons. The topological polar surface area (TPSA) is 118 Å². The molecular formula is C25H26N2O8. The number of hydrogen-bond donors (Lipinski definition) is 1. The van der Waals surface area contributed by atoms with Gasteiger partial charge in [0.25, 0.3) is 5.56 Å². The highest BCUT2D eigenvalue weighted by Crippen LogP contribution is 2.33. The summed E-state index contributed by atoms with van der Waals surface area (Å²) in [4.78, 5) is 38.2. The lowest BCUT2D eigenvalue weighted by Gasteiger charge is -2.23. The van der Waals surface area contributed by atoms with Crippen LogP contribution in [-0.2, 0) is 32.3 Å². The first kappa shape index (κ1) is 24.6. The van der Waals surface area contributed by atoms with E-state index in [2.05, 4.69) is 0 Å². The molecule has 1 unspecified atom stereocenters. The van der Waals surface area contributed by atoms with E-state index in [0.29, 0.717) is 5.56 Å². The summed E-state index contributed by atoms with van der Waals surface area (Å²) in [5.41, 5.74) is -0.0191. The third-order valence-corrected chi connectivity index (χ3v) is 5.69. The lowest BCUT2D eigenvalue weighted by Crippen LogP contribution is -2.44. The van der Waals surface area contributed by atoms with Crippen LogP contribution in [0.4, 0.5) is 0 Å². The Hall–Kier alpha value is -3.57. The summed E-state index contributed by atoms with van der Waals surface area (Å²) in [6.45, 7) is -0.530. The molecule has 0 amide bonds. The smallest absolute Gasteiger partial charge is 0.338 e. The van der Waals surface area contributed by atoms with Gasteiger partial charge < -0.3 is 24.1 Å². The van der Waals surface area contributed by atoms with E-state index in [4.69, 9.17) is 18.9 Å². The fraction of sp³-hybridized carbons (Fsp3) is 0.320. The van der Waals surface area contributed by atoms with E-state index in [-0.39, 0.29) is 13.3 Å². The number of hydrogen-bond acceptors (Lipinski definition) is 8. The molecule has 0 saturated carbocycles. The molecule has 1 aliphatic rings. The Labute approximate surface area is 200 Å². The van der Waals surface area contributed by atoms with Gasteiger partial charge in [0.15, 0.2) is 12.3 Å². The van der Waals surface area contributed by atoms with Gasteiger partial charge in [-0.15, -0.1) is 0 Å². The van der Waals surface area contributed by atoms with Crippen LogP contribution in [0.2, 0.25) is 0 Å². The Kier molecular flexibility index (Phi) is 7.88. The zero-order valence-electron chi connectivity index (χ0n) is 19.1. The van der Waals surface area contributed by atoms with Crippen LogP contribution in [0.5, 0.6) is 0 Å². The Balaban J connectivity index is 1.55. The highest BCUT2D eigenvalue weighted by molar-refractivity contribution is 5.89. The molecule has 1 fully saturated rings. The number of benzene rings is 2. The van der Waals surface area contributed by atoms with Crippen LogP contribution in [-0.4, -0.2) is 52.2 Å². The van der Waals surface area contributed by atoms with Crippen LogP contribution in [0, 0.1) is 0 Å². The minimum Gasteiger partial charge on any atom is -0.453 e. The summed E-state index contributed by atoms with van der Waals surface area (Å²) in [6.07, 6.45) is -2.64. The maximum atomic E-state index is 13.2. The number of ether oxygens (including phenoxy) is 4. The quantitative estimate of drug-likeness (QED) is 0.454. The van der Waals surface area contributed by atoms with Gasteiger partial charge in [-0.3, -0.25) is 9.36 Å². The van der Waals surface area contributed by atoms with Crippen molar-refractivity contribution in [3.8, 4) is 0 Å². The molecule has 184 valence electrons. The van der Waals surface area contributed by atoms with Crippen molar-refractivity contribution < 1.29 is 28.8 Å². The van der Waals surface area contributed by atoms with Gasteiger partial charge in [0.2, 0.25) is 0 Å². The van der Waals surface area contributed by atoms with Crippen LogP contribution >= 0.6 is 0 Å². The summed E-state index contributed by atoms with van der Waals surface area (Å²) >= 11 is 0. The van der Waals surface area contributed by atoms with Crippen molar-refractivity contribution in [2.45, 2.75) is 37.9 Å². The number of aliphatic hydroxyl groups is 1. The lowest BCUT2D eigenvalue weighted by atomic mass is 10.1. The first-order chi connectivity index (χ1) is 17.0. The molecule has 4 rings (SSSR count). The first-order valence-corrected chi connectivity index (χ1v) is 11.0. The van der Waals surface area contributed by atoms with Gasteiger partial charge in [0.05, 0.1) is 18.8 Å². The van der Waals surface area contributed by atoms with Gasteiger partial charge in [-0.1, -0.05) is 48.5 Å². The number of esters is 1. The first-order valence-electron chi connectivity index (χ1n) is 11.0. The van der Waals surface area contributed by atoms with Crippen LogP contribution < -0.4 is 11.2 Å². The predicted molar refractivity (Wildman–Crippen MR) is 124 cm³/mol. The van der Waals surface area contributed by atoms with Crippen molar-refractivity contribution in [3.63, 3.8) is 0 Å². The molecule has 10 nitrogen and oxygen atoms in total. The zero-order valence-corrected chi connectivity index (χ0v) is 19.1. The highest BCUT2D eigenvalue weighted by Gasteiger charge is 2.48. The second-order valence-corrected chi connectivity index (χ2v) is 7.92. The summed E-state index contributed by atoms with van der Waals surface area (Å²) < 4.78 is 24.7. The number of methoxy groups -OCH3 is 1. The molecule has 3 aromatic rings. The predicted octanol–water partition coefficient (Wildman–Crippen LogP) is 1.31. The molecule has 1 aliphatic heterocycles. The summed E-state index contributed by atoms with van der Waals surface area (Å²) in [5, 5.41) is 9.86. The van der Waals surface area contributed by atoms with Gasteiger partial charge >= 0.3 is 11.7 Å². The largest absolute Gasteiger partial charge is 0.453 e. The van der Waals surface area contributed by atoms with E-state index >= 15 is 0 Å². The minimum atomic E-state index is -1.06. The van der Waals surface area contributed by atoms with Crippen LogP contribution in [0.25, 0.3) is 0 Å². The molecule has 10 heteroatoms. The third-order valence-electron chi connectivity index (χ3n) is 5.69.